The minimum Gasteiger partial charge on any atom is -0.326 e. The Hall–Kier alpha value is -3.07. The van der Waals surface area contributed by atoms with E-state index in [0.717, 1.165) is 11.8 Å². The number of amides is 1. The summed E-state index contributed by atoms with van der Waals surface area (Å²) >= 11 is 1.16. The molecule has 1 N–H and O–H groups in total. The molecule has 0 unspecified atom stereocenters. The minimum atomic E-state index is -0.398. The average molecular weight is 399 g/mol. The van der Waals surface area contributed by atoms with Crippen molar-refractivity contribution in [3.8, 4) is 5.69 Å². The fourth-order valence-electron chi connectivity index (χ4n) is 2.28. The molecule has 0 fully saturated rings. The first-order valence-electron chi connectivity index (χ1n) is 8.55. The zero-order valence-electron chi connectivity index (χ0n) is 15.3. The summed E-state index contributed by atoms with van der Waals surface area (Å²) < 4.78 is 14.8. The van der Waals surface area contributed by atoms with Crippen LogP contribution in [-0.2, 0) is 4.79 Å². The van der Waals surface area contributed by atoms with Gasteiger partial charge in [0.2, 0.25) is 11.1 Å². The van der Waals surface area contributed by atoms with E-state index in [9.17, 15) is 14.0 Å². The van der Waals surface area contributed by atoms with Crippen LogP contribution in [0.2, 0.25) is 0 Å². The number of Topliss-reactive ketones (excluding diaryl/α,β-unsaturated/α-hetero) is 1. The normalized spacial score (nSPS) is 10.9. The maximum absolute atomic E-state index is 13.4. The van der Waals surface area contributed by atoms with Crippen molar-refractivity contribution in [3.05, 3.63) is 59.9 Å². The number of nitrogens with zero attached hydrogens (tertiary/aromatic N) is 4. The predicted molar refractivity (Wildman–Crippen MR) is 104 cm³/mol. The van der Waals surface area contributed by atoms with Crippen LogP contribution in [0.5, 0.6) is 0 Å². The van der Waals surface area contributed by atoms with Gasteiger partial charge >= 0.3 is 0 Å². The molecule has 0 aliphatic rings. The van der Waals surface area contributed by atoms with Crippen LogP contribution in [0.3, 0.4) is 0 Å². The highest BCUT2D eigenvalue weighted by Gasteiger charge is 2.14. The second kappa shape index (κ2) is 8.75. The number of carbonyl (C=O) groups is 2. The summed E-state index contributed by atoms with van der Waals surface area (Å²) in [5, 5.41) is 14.5. The fraction of sp³-hybridized carbons (Fsp3) is 0.211. The Labute approximate surface area is 165 Å². The fourth-order valence-corrected chi connectivity index (χ4v) is 3.06. The van der Waals surface area contributed by atoms with E-state index in [1.807, 2.05) is 13.8 Å². The molecule has 2 aromatic carbocycles. The van der Waals surface area contributed by atoms with Crippen LogP contribution in [0, 0.1) is 11.7 Å². The van der Waals surface area contributed by atoms with Gasteiger partial charge in [0.15, 0.2) is 5.78 Å². The lowest BCUT2D eigenvalue weighted by molar-refractivity contribution is -0.118. The van der Waals surface area contributed by atoms with Crippen LogP contribution in [0.1, 0.15) is 24.2 Å². The lowest BCUT2D eigenvalue weighted by atomic mass is 10.1. The third-order valence-corrected chi connectivity index (χ3v) is 4.74. The molecule has 0 bridgehead atoms. The third-order valence-electron chi connectivity index (χ3n) is 3.82. The molecule has 0 aliphatic heterocycles. The van der Waals surface area contributed by atoms with Crippen LogP contribution in [-0.4, -0.2) is 37.7 Å². The summed E-state index contributed by atoms with van der Waals surface area (Å²) in [7, 11) is 0. The van der Waals surface area contributed by atoms with Gasteiger partial charge in [0.1, 0.15) is 5.82 Å². The molecular weight excluding hydrogens is 381 g/mol. The van der Waals surface area contributed by atoms with Gasteiger partial charge in [-0.25, -0.2) is 4.39 Å². The maximum Gasteiger partial charge on any atom is 0.226 e. The van der Waals surface area contributed by atoms with Crippen molar-refractivity contribution in [3.63, 3.8) is 0 Å². The number of hydrogen-bond donors (Lipinski definition) is 1. The summed E-state index contributed by atoms with van der Waals surface area (Å²) in [4.78, 5) is 24.1. The molecule has 0 atom stereocenters. The molecule has 1 aromatic heterocycles. The van der Waals surface area contributed by atoms with Gasteiger partial charge in [0.05, 0.1) is 11.4 Å². The molecule has 0 saturated carbocycles. The van der Waals surface area contributed by atoms with Crippen molar-refractivity contribution >= 4 is 29.1 Å². The topological polar surface area (TPSA) is 89.8 Å². The molecule has 3 aromatic rings. The monoisotopic (exact) mass is 399 g/mol. The van der Waals surface area contributed by atoms with Crippen molar-refractivity contribution in [1.29, 1.82) is 0 Å². The zero-order valence-corrected chi connectivity index (χ0v) is 16.1. The second-order valence-corrected chi connectivity index (χ2v) is 7.23. The predicted octanol–water partition coefficient (Wildman–Crippen LogP) is 3.37. The first kappa shape index (κ1) is 19.7. The maximum atomic E-state index is 13.4. The molecule has 0 radical (unpaired) electrons. The van der Waals surface area contributed by atoms with Crippen molar-refractivity contribution in [1.82, 2.24) is 20.2 Å². The highest BCUT2D eigenvalue weighted by atomic mass is 32.2. The zero-order chi connectivity index (χ0) is 20.1. The third kappa shape index (κ3) is 4.80. The van der Waals surface area contributed by atoms with Crippen molar-refractivity contribution in [2.75, 3.05) is 11.1 Å². The lowest BCUT2D eigenvalue weighted by Crippen LogP contribution is -2.17. The number of anilines is 1. The van der Waals surface area contributed by atoms with Gasteiger partial charge in [-0.1, -0.05) is 31.7 Å². The summed E-state index contributed by atoms with van der Waals surface area (Å²) in [6.45, 7) is 3.61. The van der Waals surface area contributed by atoms with Crippen molar-refractivity contribution in [2.24, 2.45) is 5.92 Å². The Balaban J connectivity index is 1.64. The molecule has 0 spiro atoms. The molecular formula is C19H18FN5O2S. The Kier molecular flexibility index (Phi) is 6.15. The number of carbonyl (C=O) groups excluding carboxylic acids is 2. The van der Waals surface area contributed by atoms with Gasteiger partial charge in [0, 0.05) is 17.2 Å². The number of aromatic nitrogens is 4. The first-order valence-corrected chi connectivity index (χ1v) is 9.54. The number of halogens is 1. The minimum absolute atomic E-state index is 0.0844. The Morgan fingerprint density at radius 3 is 2.61 bits per heavy atom. The van der Waals surface area contributed by atoms with E-state index >= 15 is 0 Å². The molecule has 1 amide bonds. The van der Waals surface area contributed by atoms with Crippen LogP contribution in [0.4, 0.5) is 10.1 Å². The number of thioether (sulfide) groups is 1. The van der Waals surface area contributed by atoms with Crippen LogP contribution in [0.15, 0.2) is 53.7 Å². The van der Waals surface area contributed by atoms with E-state index in [0.29, 0.717) is 22.1 Å². The van der Waals surface area contributed by atoms with Gasteiger partial charge in [-0.2, -0.15) is 4.68 Å². The number of ketones is 1. The molecule has 0 aliphatic carbocycles. The second-order valence-electron chi connectivity index (χ2n) is 6.29. The Morgan fingerprint density at radius 1 is 1.18 bits per heavy atom. The van der Waals surface area contributed by atoms with E-state index in [2.05, 4.69) is 20.8 Å². The van der Waals surface area contributed by atoms with Gasteiger partial charge in [-0.3, -0.25) is 9.59 Å². The standard InChI is InChI=1S/C19H18FN5O2S/c1-12(2)18(27)21-15-8-6-13(7-9-15)17(26)11-28-19-22-23-24-25(19)16-5-3-4-14(20)10-16/h3-10,12H,11H2,1-2H3,(H,21,27). The summed E-state index contributed by atoms with van der Waals surface area (Å²) in [5.74, 6) is -0.598. The Bertz CT molecular complexity index is 988. The van der Waals surface area contributed by atoms with Gasteiger partial charge in [-0.05, 0) is 52.9 Å². The van der Waals surface area contributed by atoms with Gasteiger partial charge in [0.25, 0.3) is 0 Å². The van der Waals surface area contributed by atoms with E-state index in [1.165, 1.54) is 16.8 Å². The van der Waals surface area contributed by atoms with Gasteiger partial charge in [-0.15, -0.1) is 5.10 Å². The van der Waals surface area contributed by atoms with Gasteiger partial charge < -0.3 is 5.32 Å². The molecule has 1 heterocycles. The summed E-state index contributed by atoms with van der Waals surface area (Å²) in [5.41, 5.74) is 1.63. The number of tetrazole rings is 1. The number of rotatable bonds is 7. The molecule has 9 heteroatoms. The van der Waals surface area contributed by atoms with E-state index in [1.54, 1.807) is 36.4 Å². The van der Waals surface area contributed by atoms with Crippen LogP contribution in [0.25, 0.3) is 5.69 Å². The highest BCUT2D eigenvalue weighted by molar-refractivity contribution is 7.99. The summed E-state index contributed by atoms with van der Waals surface area (Å²) in [6, 6.07) is 12.6. The molecule has 28 heavy (non-hydrogen) atoms. The van der Waals surface area contributed by atoms with E-state index in [-0.39, 0.29) is 23.4 Å². The Morgan fingerprint density at radius 2 is 1.93 bits per heavy atom. The quantitative estimate of drug-likeness (QED) is 0.484. The number of hydrogen-bond acceptors (Lipinski definition) is 6. The number of nitrogens with one attached hydrogen (secondary N) is 1. The van der Waals surface area contributed by atoms with E-state index < -0.39 is 5.82 Å². The molecule has 144 valence electrons. The lowest BCUT2D eigenvalue weighted by Gasteiger charge is -2.08. The molecule has 0 saturated heterocycles. The summed E-state index contributed by atoms with van der Waals surface area (Å²) in [6.07, 6.45) is 0. The smallest absolute Gasteiger partial charge is 0.226 e. The van der Waals surface area contributed by atoms with Crippen LogP contribution >= 0.6 is 11.8 Å². The van der Waals surface area contributed by atoms with E-state index in [4.69, 9.17) is 0 Å². The van der Waals surface area contributed by atoms with Crippen molar-refractivity contribution < 1.29 is 14.0 Å². The van der Waals surface area contributed by atoms with Crippen LogP contribution < -0.4 is 5.32 Å². The molecule has 7 nitrogen and oxygen atoms in total. The first-order chi connectivity index (χ1) is 13.4. The van der Waals surface area contributed by atoms with Crippen molar-refractivity contribution in [2.45, 2.75) is 19.0 Å². The average Bonchev–Trinajstić information content (AvgIpc) is 3.15. The highest BCUT2D eigenvalue weighted by Crippen LogP contribution is 2.20. The number of benzene rings is 2. The molecule has 3 rings (SSSR count). The largest absolute Gasteiger partial charge is 0.326 e. The SMILES string of the molecule is CC(C)C(=O)Nc1ccc(C(=O)CSc2nnnn2-c2cccc(F)c2)cc1.